The van der Waals surface area contributed by atoms with Crippen molar-refractivity contribution in [2.75, 3.05) is 20.1 Å². The van der Waals surface area contributed by atoms with Gasteiger partial charge < -0.3 is 15.5 Å². The topological polar surface area (TPSA) is 107 Å². The van der Waals surface area contributed by atoms with Gasteiger partial charge in [-0.2, -0.15) is 4.31 Å². The molecular formula is C33H38N2O5S. The van der Waals surface area contributed by atoms with E-state index in [4.69, 9.17) is 5.11 Å². The molecule has 0 radical (unpaired) electrons. The quantitative estimate of drug-likeness (QED) is 0.205. The van der Waals surface area contributed by atoms with Crippen molar-refractivity contribution in [3.8, 4) is 11.1 Å². The number of hydrogen-bond acceptors (Lipinski definition) is 5. The summed E-state index contributed by atoms with van der Waals surface area (Å²) in [6, 6.07) is 28.8. The monoisotopic (exact) mass is 574 g/mol. The summed E-state index contributed by atoms with van der Waals surface area (Å²) in [5.41, 5.74) is 3.59. The number of nitrogens with zero attached hydrogens (tertiary/aromatic N) is 1. The number of aliphatic carboxylic acids is 1. The van der Waals surface area contributed by atoms with Crippen molar-refractivity contribution in [1.29, 1.82) is 0 Å². The minimum atomic E-state index is -3.79. The Morgan fingerprint density at radius 2 is 1.46 bits per heavy atom. The highest BCUT2D eigenvalue weighted by atomic mass is 32.2. The molecule has 0 unspecified atom stereocenters. The Labute approximate surface area is 242 Å². The van der Waals surface area contributed by atoms with Gasteiger partial charge in [-0.15, -0.1) is 0 Å². The van der Waals surface area contributed by atoms with Gasteiger partial charge >= 0.3 is 5.97 Å². The SMILES string of the molecule is CN(C[C@H](O)CNC(C)(C)Cc1ccc2ccccc2c1)S(=O)(=O)c1ccc(-c2ccc(CCC(=O)O)cc2)cc1. The van der Waals surface area contributed by atoms with Crippen LogP contribution in [0.3, 0.4) is 0 Å². The molecule has 0 aliphatic carbocycles. The molecule has 41 heavy (non-hydrogen) atoms. The summed E-state index contributed by atoms with van der Waals surface area (Å²) in [4.78, 5) is 10.9. The second kappa shape index (κ2) is 13.0. The van der Waals surface area contributed by atoms with Crippen LogP contribution in [0.4, 0.5) is 0 Å². The number of aliphatic hydroxyl groups excluding tert-OH is 1. The zero-order chi connectivity index (χ0) is 29.6. The number of carboxylic acids is 1. The fourth-order valence-corrected chi connectivity index (χ4v) is 6.10. The Bertz CT molecular complexity index is 1580. The van der Waals surface area contributed by atoms with Crippen molar-refractivity contribution >= 4 is 26.8 Å². The smallest absolute Gasteiger partial charge is 0.303 e. The van der Waals surface area contributed by atoms with E-state index in [1.165, 1.54) is 27.7 Å². The number of fused-ring (bicyclic) bond motifs is 1. The number of carboxylic acid groups (broad SMARTS) is 1. The van der Waals surface area contributed by atoms with E-state index in [-0.39, 0.29) is 29.9 Å². The molecule has 7 nitrogen and oxygen atoms in total. The Morgan fingerprint density at radius 3 is 2.10 bits per heavy atom. The Balaban J connectivity index is 1.31. The summed E-state index contributed by atoms with van der Waals surface area (Å²) in [5.74, 6) is -0.833. The van der Waals surface area contributed by atoms with Gasteiger partial charge in [0, 0.05) is 32.1 Å². The minimum Gasteiger partial charge on any atom is -0.481 e. The second-order valence-electron chi connectivity index (χ2n) is 11.2. The standard InChI is InChI=1S/C33H38N2O5S/c1-33(2,21-25-10-14-26-6-4-5-7-29(26)20-25)34-22-30(36)23-35(3)41(39,40)31-17-15-28(16-18-31)27-12-8-24(9-13-27)11-19-32(37)38/h4-10,12-18,20,30,34,36H,11,19,21-23H2,1-3H3,(H,37,38)/t30-/m1/s1. The molecule has 0 bridgehead atoms. The van der Waals surface area contributed by atoms with Crippen molar-refractivity contribution in [1.82, 2.24) is 9.62 Å². The molecule has 0 fully saturated rings. The average Bonchev–Trinajstić information content (AvgIpc) is 2.95. The molecule has 0 spiro atoms. The molecule has 0 heterocycles. The normalized spacial score (nSPS) is 13.0. The number of benzene rings is 4. The maximum Gasteiger partial charge on any atom is 0.303 e. The van der Waals surface area contributed by atoms with Gasteiger partial charge in [0.15, 0.2) is 0 Å². The van der Waals surface area contributed by atoms with Gasteiger partial charge in [-0.05, 0) is 71.8 Å². The minimum absolute atomic E-state index is 0.0407. The number of hydrogen-bond donors (Lipinski definition) is 3. The van der Waals surface area contributed by atoms with Gasteiger partial charge in [-0.25, -0.2) is 8.42 Å². The average molecular weight is 575 g/mol. The molecule has 0 aliphatic heterocycles. The molecule has 0 aromatic heterocycles. The van der Waals surface area contributed by atoms with Crippen LogP contribution >= 0.6 is 0 Å². The lowest BCUT2D eigenvalue weighted by Gasteiger charge is -2.29. The van der Waals surface area contributed by atoms with Gasteiger partial charge in [-0.1, -0.05) is 78.9 Å². The molecule has 8 heteroatoms. The van der Waals surface area contributed by atoms with Crippen LogP contribution < -0.4 is 5.32 Å². The van der Waals surface area contributed by atoms with E-state index in [0.717, 1.165) is 23.1 Å². The van der Waals surface area contributed by atoms with E-state index in [2.05, 4.69) is 49.5 Å². The first-order chi connectivity index (χ1) is 19.4. The van der Waals surface area contributed by atoms with Gasteiger partial charge in [0.2, 0.25) is 10.0 Å². The van der Waals surface area contributed by atoms with Gasteiger partial charge in [0.05, 0.1) is 11.0 Å². The van der Waals surface area contributed by atoms with Crippen LogP contribution in [0.2, 0.25) is 0 Å². The Kier molecular flexibility index (Phi) is 9.60. The summed E-state index contributed by atoms with van der Waals surface area (Å²) in [6.07, 6.45) is 0.413. The molecule has 0 saturated carbocycles. The van der Waals surface area contributed by atoms with Crippen molar-refractivity contribution in [3.63, 3.8) is 0 Å². The molecular weight excluding hydrogens is 536 g/mol. The first kappa shape index (κ1) is 30.4. The van der Waals surface area contributed by atoms with Crippen molar-refractivity contribution < 1.29 is 23.4 Å². The fourth-order valence-electron chi connectivity index (χ4n) is 4.89. The third kappa shape index (κ3) is 8.24. The molecule has 4 aromatic carbocycles. The first-order valence-corrected chi connectivity index (χ1v) is 15.2. The third-order valence-electron chi connectivity index (χ3n) is 7.22. The van der Waals surface area contributed by atoms with Crippen LogP contribution in [0.5, 0.6) is 0 Å². The molecule has 4 aromatic rings. The van der Waals surface area contributed by atoms with Crippen molar-refractivity contribution in [2.24, 2.45) is 0 Å². The lowest BCUT2D eigenvalue weighted by Crippen LogP contribution is -2.47. The number of rotatable bonds is 13. The number of β-amino-alcohol motifs (C(OH)–C–C–N with tert-alkyl or cyclic N) is 1. The molecule has 0 amide bonds. The number of nitrogens with one attached hydrogen (secondary N) is 1. The maximum atomic E-state index is 13.2. The summed E-state index contributed by atoms with van der Waals surface area (Å²) in [5, 5.41) is 25.3. The van der Waals surface area contributed by atoms with Crippen LogP contribution in [0.15, 0.2) is 95.9 Å². The molecule has 0 aliphatic rings. The zero-order valence-electron chi connectivity index (χ0n) is 23.7. The Hall–Kier alpha value is -3.56. The lowest BCUT2D eigenvalue weighted by atomic mass is 9.93. The van der Waals surface area contributed by atoms with Crippen molar-refractivity contribution in [2.45, 2.75) is 49.6 Å². The predicted molar refractivity (Wildman–Crippen MR) is 163 cm³/mol. The second-order valence-corrected chi connectivity index (χ2v) is 13.2. The van der Waals surface area contributed by atoms with Gasteiger partial charge in [0.1, 0.15) is 0 Å². The van der Waals surface area contributed by atoms with Crippen LogP contribution in [0, 0.1) is 0 Å². The highest BCUT2D eigenvalue weighted by Gasteiger charge is 2.25. The highest BCUT2D eigenvalue weighted by Crippen LogP contribution is 2.24. The van der Waals surface area contributed by atoms with E-state index >= 15 is 0 Å². The van der Waals surface area contributed by atoms with E-state index < -0.39 is 22.1 Å². The fraction of sp³-hybridized carbons (Fsp3) is 0.303. The number of carbonyl (C=O) groups is 1. The summed E-state index contributed by atoms with van der Waals surface area (Å²) in [6.45, 7) is 4.35. The van der Waals surface area contributed by atoms with Gasteiger partial charge in [0.25, 0.3) is 0 Å². The number of aliphatic hydroxyl groups is 1. The predicted octanol–water partition coefficient (Wildman–Crippen LogP) is 5.12. The van der Waals surface area contributed by atoms with Crippen LogP contribution in [0.1, 0.15) is 31.4 Å². The van der Waals surface area contributed by atoms with E-state index in [0.29, 0.717) is 6.42 Å². The number of likely N-dealkylation sites (N-methyl/N-ethyl adjacent to an activating group) is 1. The van der Waals surface area contributed by atoms with Crippen LogP contribution in [-0.4, -0.2) is 60.7 Å². The van der Waals surface area contributed by atoms with E-state index in [1.807, 2.05) is 36.4 Å². The summed E-state index contributed by atoms with van der Waals surface area (Å²) in [7, 11) is -2.31. The highest BCUT2D eigenvalue weighted by molar-refractivity contribution is 7.89. The van der Waals surface area contributed by atoms with Crippen LogP contribution in [-0.2, 0) is 27.7 Å². The lowest BCUT2D eigenvalue weighted by molar-refractivity contribution is -0.136. The first-order valence-electron chi connectivity index (χ1n) is 13.7. The van der Waals surface area contributed by atoms with Crippen LogP contribution in [0.25, 0.3) is 21.9 Å². The summed E-state index contributed by atoms with van der Waals surface area (Å²) < 4.78 is 27.5. The molecule has 4 rings (SSSR count). The van der Waals surface area contributed by atoms with E-state index in [1.54, 1.807) is 24.3 Å². The Morgan fingerprint density at radius 1 is 0.878 bits per heavy atom. The summed E-state index contributed by atoms with van der Waals surface area (Å²) >= 11 is 0. The molecule has 3 N–H and O–H groups in total. The molecule has 0 saturated heterocycles. The molecule has 216 valence electrons. The molecule has 1 atom stereocenters. The van der Waals surface area contributed by atoms with Gasteiger partial charge in [-0.3, -0.25) is 4.79 Å². The number of sulfonamides is 1. The maximum absolute atomic E-state index is 13.2. The zero-order valence-corrected chi connectivity index (χ0v) is 24.6. The largest absolute Gasteiger partial charge is 0.481 e. The third-order valence-corrected chi connectivity index (χ3v) is 9.06. The number of aryl methyl sites for hydroxylation is 1. The van der Waals surface area contributed by atoms with Crippen molar-refractivity contribution in [3.05, 3.63) is 102 Å². The van der Waals surface area contributed by atoms with E-state index in [9.17, 15) is 18.3 Å².